The normalized spacial score (nSPS) is 24.0. The molecule has 2 rings (SSSR count). The van der Waals surface area contributed by atoms with Gasteiger partial charge in [0.2, 0.25) is 0 Å². The molecule has 0 radical (unpaired) electrons. The second-order valence-electron chi connectivity index (χ2n) is 5.09. The molecule has 5 heteroatoms. The zero-order valence-electron chi connectivity index (χ0n) is 12.0. The standard InChI is InChI=1S/C15H22Cl2N2O/c1-3-7-19-8-9-20-13(10-18-2)15(19)11-5-4-6-12(16)14(11)17/h4-6,13,15,18H,3,7-10H2,1-2H3. The van der Waals surface area contributed by atoms with Crippen molar-refractivity contribution < 1.29 is 4.74 Å². The summed E-state index contributed by atoms with van der Waals surface area (Å²) in [7, 11) is 1.94. The average molecular weight is 317 g/mol. The number of hydrogen-bond acceptors (Lipinski definition) is 3. The quantitative estimate of drug-likeness (QED) is 0.901. The molecule has 0 aliphatic carbocycles. The van der Waals surface area contributed by atoms with Crippen LogP contribution in [0.3, 0.4) is 0 Å². The van der Waals surface area contributed by atoms with Crippen LogP contribution in [0.25, 0.3) is 0 Å². The minimum Gasteiger partial charge on any atom is -0.374 e. The third kappa shape index (κ3) is 3.46. The Morgan fingerprint density at radius 1 is 1.40 bits per heavy atom. The van der Waals surface area contributed by atoms with Gasteiger partial charge in [-0.1, -0.05) is 42.3 Å². The first-order valence-corrected chi connectivity index (χ1v) is 7.88. The van der Waals surface area contributed by atoms with Crippen LogP contribution < -0.4 is 5.32 Å². The topological polar surface area (TPSA) is 24.5 Å². The molecular formula is C15H22Cl2N2O. The summed E-state index contributed by atoms with van der Waals surface area (Å²) >= 11 is 12.6. The van der Waals surface area contributed by atoms with Crippen LogP contribution in [0.4, 0.5) is 0 Å². The maximum Gasteiger partial charge on any atom is 0.0896 e. The van der Waals surface area contributed by atoms with Gasteiger partial charge in [0.1, 0.15) is 0 Å². The van der Waals surface area contributed by atoms with Crippen molar-refractivity contribution in [1.29, 1.82) is 0 Å². The smallest absolute Gasteiger partial charge is 0.0896 e. The highest BCUT2D eigenvalue weighted by molar-refractivity contribution is 6.42. The summed E-state index contributed by atoms with van der Waals surface area (Å²) in [4.78, 5) is 2.45. The molecule has 1 N–H and O–H groups in total. The van der Waals surface area contributed by atoms with Crippen LogP contribution in [-0.2, 0) is 4.74 Å². The minimum absolute atomic E-state index is 0.0938. The first-order chi connectivity index (χ1) is 9.69. The number of nitrogens with one attached hydrogen (secondary N) is 1. The fraction of sp³-hybridized carbons (Fsp3) is 0.600. The molecule has 2 unspecified atom stereocenters. The number of hydrogen-bond donors (Lipinski definition) is 1. The van der Waals surface area contributed by atoms with Gasteiger partial charge in [-0.3, -0.25) is 4.90 Å². The summed E-state index contributed by atoms with van der Waals surface area (Å²) in [6, 6.07) is 5.99. The van der Waals surface area contributed by atoms with Crippen LogP contribution in [0.1, 0.15) is 24.9 Å². The predicted octanol–water partition coefficient (Wildman–Crippen LogP) is 3.36. The second kappa shape index (κ2) is 7.62. The van der Waals surface area contributed by atoms with Crippen molar-refractivity contribution in [3.05, 3.63) is 33.8 Å². The summed E-state index contributed by atoms with van der Waals surface area (Å²) in [6.07, 6.45) is 1.21. The lowest BCUT2D eigenvalue weighted by Gasteiger charge is -2.42. The van der Waals surface area contributed by atoms with Crippen molar-refractivity contribution in [1.82, 2.24) is 10.2 Å². The van der Waals surface area contributed by atoms with E-state index in [4.69, 9.17) is 27.9 Å². The highest BCUT2D eigenvalue weighted by atomic mass is 35.5. The molecule has 1 aromatic rings. The number of ether oxygens (including phenoxy) is 1. The van der Waals surface area contributed by atoms with Crippen molar-refractivity contribution >= 4 is 23.2 Å². The lowest BCUT2D eigenvalue weighted by Crippen LogP contribution is -2.49. The summed E-state index contributed by atoms with van der Waals surface area (Å²) in [5, 5.41) is 4.46. The Labute approximate surface area is 131 Å². The molecule has 0 bridgehead atoms. The SMILES string of the molecule is CCCN1CCOC(CNC)C1c1cccc(Cl)c1Cl. The molecule has 1 fully saturated rings. The van der Waals surface area contributed by atoms with Crippen molar-refractivity contribution in [2.75, 3.05) is 33.3 Å². The van der Waals surface area contributed by atoms with E-state index in [2.05, 4.69) is 23.2 Å². The first kappa shape index (κ1) is 16.1. The molecule has 3 nitrogen and oxygen atoms in total. The van der Waals surface area contributed by atoms with E-state index in [1.165, 1.54) is 0 Å². The average Bonchev–Trinajstić information content (AvgIpc) is 2.44. The third-order valence-electron chi connectivity index (χ3n) is 3.67. The van der Waals surface area contributed by atoms with Crippen LogP contribution >= 0.6 is 23.2 Å². The van der Waals surface area contributed by atoms with Crippen molar-refractivity contribution in [2.45, 2.75) is 25.5 Å². The largest absolute Gasteiger partial charge is 0.374 e. The lowest BCUT2D eigenvalue weighted by molar-refractivity contribution is -0.0704. The number of halogens is 2. The lowest BCUT2D eigenvalue weighted by atomic mass is 9.97. The van der Waals surface area contributed by atoms with Gasteiger partial charge in [-0.15, -0.1) is 0 Å². The summed E-state index contributed by atoms with van der Waals surface area (Å²) < 4.78 is 5.95. The zero-order valence-corrected chi connectivity index (χ0v) is 13.5. The molecule has 112 valence electrons. The van der Waals surface area contributed by atoms with Crippen LogP contribution in [0, 0.1) is 0 Å². The number of rotatable bonds is 5. The van der Waals surface area contributed by atoms with E-state index in [-0.39, 0.29) is 12.1 Å². The first-order valence-electron chi connectivity index (χ1n) is 7.13. The Bertz CT molecular complexity index is 424. The Morgan fingerprint density at radius 2 is 2.20 bits per heavy atom. The number of benzene rings is 1. The van der Waals surface area contributed by atoms with E-state index < -0.39 is 0 Å². The number of likely N-dealkylation sites (N-methyl/N-ethyl adjacent to an activating group) is 1. The molecule has 1 aliphatic rings. The van der Waals surface area contributed by atoms with Gasteiger partial charge in [0.15, 0.2) is 0 Å². The molecule has 0 saturated carbocycles. The maximum atomic E-state index is 6.42. The fourth-order valence-electron chi connectivity index (χ4n) is 2.84. The van der Waals surface area contributed by atoms with Gasteiger partial charge in [-0.2, -0.15) is 0 Å². The molecule has 0 amide bonds. The number of nitrogens with zero attached hydrogens (tertiary/aromatic N) is 1. The molecule has 1 heterocycles. The van der Waals surface area contributed by atoms with E-state index in [0.717, 1.165) is 38.2 Å². The van der Waals surface area contributed by atoms with Crippen LogP contribution in [0.2, 0.25) is 10.0 Å². The van der Waals surface area contributed by atoms with Gasteiger partial charge in [-0.25, -0.2) is 0 Å². The van der Waals surface area contributed by atoms with Gasteiger partial charge < -0.3 is 10.1 Å². The highest BCUT2D eigenvalue weighted by Crippen LogP contribution is 2.37. The molecule has 1 aromatic carbocycles. The fourth-order valence-corrected chi connectivity index (χ4v) is 3.26. The van der Waals surface area contributed by atoms with Crippen LogP contribution in [0.15, 0.2) is 18.2 Å². The molecule has 0 aromatic heterocycles. The van der Waals surface area contributed by atoms with E-state index in [1.54, 1.807) is 0 Å². The van der Waals surface area contributed by atoms with Gasteiger partial charge >= 0.3 is 0 Å². The summed E-state index contributed by atoms with van der Waals surface area (Å²) in [5.74, 6) is 0. The molecule has 2 atom stereocenters. The molecule has 20 heavy (non-hydrogen) atoms. The molecule has 0 spiro atoms. The third-order valence-corrected chi connectivity index (χ3v) is 4.51. The van der Waals surface area contributed by atoms with Crippen molar-refractivity contribution in [2.24, 2.45) is 0 Å². The van der Waals surface area contributed by atoms with Gasteiger partial charge in [-0.05, 0) is 31.6 Å². The summed E-state index contributed by atoms with van der Waals surface area (Å²) in [5.41, 5.74) is 1.06. The number of morpholine rings is 1. The predicted molar refractivity (Wildman–Crippen MR) is 84.7 cm³/mol. The monoisotopic (exact) mass is 316 g/mol. The minimum atomic E-state index is 0.0938. The van der Waals surface area contributed by atoms with Gasteiger partial charge in [0.25, 0.3) is 0 Å². The van der Waals surface area contributed by atoms with E-state index >= 15 is 0 Å². The maximum absolute atomic E-state index is 6.42. The van der Waals surface area contributed by atoms with Crippen molar-refractivity contribution in [3.8, 4) is 0 Å². The van der Waals surface area contributed by atoms with Gasteiger partial charge in [0, 0.05) is 13.1 Å². The summed E-state index contributed by atoms with van der Waals surface area (Å²) in [6.45, 7) is 5.73. The van der Waals surface area contributed by atoms with Crippen LogP contribution in [0.5, 0.6) is 0 Å². The highest BCUT2D eigenvalue weighted by Gasteiger charge is 2.34. The molecular weight excluding hydrogens is 295 g/mol. The van der Waals surface area contributed by atoms with E-state index in [0.29, 0.717) is 10.0 Å². The van der Waals surface area contributed by atoms with Gasteiger partial charge in [0.05, 0.1) is 28.8 Å². The Kier molecular flexibility index (Phi) is 6.12. The Hall–Kier alpha value is -0.320. The Balaban J connectivity index is 2.35. The van der Waals surface area contributed by atoms with Crippen molar-refractivity contribution in [3.63, 3.8) is 0 Å². The van der Waals surface area contributed by atoms with E-state index in [1.807, 2.05) is 19.2 Å². The molecule has 1 saturated heterocycles. The Morgan fingerprint density at radius 3 is 2.90 bits per heavy atom. The van der Waals surface area contributed by atoms with Crippen LogP contribution in [-0.4, -0.2) is 44.3 Å². The van der Waals surface area contributed by atoms with E-state index in [9.17, 15) is 0 Å². The second-order valence-corrected chi connectivity index (χ2v) is 5.88. The molecule has 1 aliphatic heterocycles. The zero-order chi connectivity index (χ0) is 14.5.